The summed E-state index contributed by atoms with van der Waals surface area (Å²) in [6.45, 7) is 0.877. The maximum Gasteiger partial charge on any atom is 0.0681 e. The summed E-state index contributed by atoms with van der Waals surface area (Å²) in [5.74, 6) is 0.609. The van der Waals surface area contributed by atoms with Crippen LogP contribution in [0.3, 0.4) is 0 Å². The van der Waals surface area contributed by atoms with E-state index in [1.165, 1.54) is 19.3 Å². The summed E-state index contributed by atoms with van der Waals surface area (Å²) in [5, 5.41) is 12.5. The van der Waals surface area contributed by atoms with Gasteiger partial charge in [-0.15, -0.1) is 0 Å². The third-order valence-corrected chi connectivity index (χ3v) is 3.45. The minimum atomic E-state index is 0.106. The van der Waals surface area contributed by atoms with Crippen LogP contribution in [-0.2, 0) is 6.61 Å². The van der Waals surface area contributed by atoms with Crippen molar-refractivity contribution in [2.24, 2.45) is 11.7 Å². The molecule has 0 aromatic heterocycles. The number of hydrogen-bond acceptors (Lipinski definition) is 3. The van der Waals surface area contributed by atoms with Gasteiger partial charge >= 0.3 is 0 Å². The Hall–Kier alpha value is -1.06. The Kier molecular flexibility index (Phi) is 3.80. The van der Waals surface area contributed by atoms with E-state index in [4.69, 9.17) is 10.8 Å². The van der Waals surface area contributed by atoms with E-state index in [9.17, 15) is 0 Å². The van der Waals surface area contributed by atoms with Crippen molar-refractivity contribution in [3.63, 3.8) is 0 Å². The van der Waals surface area contributed by atoms with Crippen molar-refractivity contribution < 1.29 is 5.11 Å². The average Bonchev–Trinajstić information content (AvgIpc) is 2.77. The summed E-state index contributed by atoms with van der Waals surface area (Å²) in [6.07, 6.45) is 3.72. The van der Waals surface area contributed by atoms with Crippen LogP contribution < -0.4 is 11.1 Å². The molecule has 0 heterocycles. The van der Waals surface area contributed by atoms with Crippen molar-refractivity contribution in [1.29, 1.82) is 0 Å². The van der Waals surface area contributed by atoms with E-state index in [0.717, 1.165) is 17.8 Å². The molecular formula is C13H20N2O. The first kappa shape index (κ1) is 11.4. The maximum atomic E-state index is 8.96. The van der Waals surface area contributed by atoms with Gasteiger partial charge in [-0.2, -0.15) is 0 Å². The van der Waals surface area contributed by atoms with E-state index in [2.05, 4.69) is 5.32 Å². The first-order chi connectivity index (χ1) is 7.83. The minimum absolute atomic E-state index is 0.106. The molecule has 1 aliphatic rings. The zero-order valence-corrected chi connectivity index (χ0v) is 9.52. The van der Waals surface area contributed by atoms with Gasteiger partial charge in [0.05, 0.1) is 6.61 Å². The highest BCUT2D eigenvalue weighted by Crippen LogP contribution is 2.27. The molecule has 2 atom stereocenters. The molecule has 16 heavy (non-hydrogen) atoms. The predicted octanol–water partition coefficient (Wildman–Crippen LogP) is 1.72. The lowest BCUT2D eigenvalue weighted by molar-refractivity contribution is 0.282. The van der Waals surface area contributed by atoms with Crippen molar-refractivity contribution >= 4 is 5.69 Å². The number of hydrogen-bond donors (Lipinski definition) is 3. The van der Waals surface area contributed by atoms with Gasteiger partial charge in [0.15, 0.2) is 0 Å². The van der Waals surface area contributed by atoms with Crippen LogP contribution in [0.1, 0.15) is 24.8 Å². The van der Waals surface area contributed by atoms with Crippen LogP contribution in [0.2, 0.25) is 0 Å². The Morgan fingerprint density at radius 1 is 1.25 bits per heavy atom. The Morgan fingerprint density at radius 2 is 2.00 bits per heavy atom. The number of aliphatic hydroxyl groups is 1. The molecule has 0 amide bonds. The molecule has 1 aromatic carbocycles. The Bertz CT molecular complexity index is 323. The minimum Gasteiger partial charge on any atom is -0.392 e. The number of anilines is 1. The number of nitrogens with two attached hydrogens (primary N) is 1. The normalized spacial score (nSPS) is 24.6. The summed E-state index contributed by atoms with van der Waals surface area (Å²) in [5.41, 5.74) is 7.83. The van der Waals surface area contributed by atoms with Gasteiger partial charge in [0.1, 0.15) is 0 Å². The molecule has 1 aliphatic carbocycles. The lowest BCUT2D eigenvalue weighted by Crippen LogP contribution is -2.29. The SMILES string of the molecule is NCC1CCCC1Nc1ccc(CO)cc1. The van der Waals surface area contributed by atoms with E-state index in [1.807, 2.05) is 24.3 Å². The third-order valence-electron chi connectivity index (χ3n) is 3.45. The molecule has 1 fully saturated rings. The van der Waals surface area contributed by atoms with Gasteiger partial charge < -0.3 is 16.2 Å². The molecule has 4 N–H and O–H groups in total. The van der Waals surface area contributed by atoms with Crippen molar-refractivity contribution in [3.8, 4) is 0 Å². The van der Waals surface area contributed by atoms with Gasteiger partial charge in [-0.1, -0.05) is 18.6 Å². The number of benzene rings is 1. The fourth-order valence-corrected chi connectivity index (χ4v) is 2.43. The Balaban J connectivity index is 1.97. The first-order valence-corrected chi connectivity index (χ1v) is 6.00. The number of nitrogens with one attached hydrogen (secondary N) is 1. The molecule has 88 valence electrons. The number of aliphatic hydroxyl groups excluding tert-OH is 1. The van der Waals surface area contributed by atoms with Gasteiger partial charge in [0, 0.05) is 11.7 Å². The summed E-state index contributed by atoms with van der Waals surface area (Å²) in [6, 6.07) is 8.48. The molecule has 1 saturated carbocycles. The molecule has 2 rings (SSSR count). The fraction of sp³-hybridized carbons (Fsp3) is 0.538. The second kappa shape index (κ2) is 5.32. The van der Waals surface area contributed by atoms with Gasteiger partial charge in [0.2, 0.25) is 0 Å². The molecule has 0 aliphatic heterocycles. The monoisotopic (exact) mass is 220 g/mol. The highest BCUT2D eigenvalue weighted by atomic mass is 16.3. The van der Waals surface area contributed by atoms with Crippen LogP contribution in [0.25, 0.3) is 0 Å². The van der Waals surface area contributed by atoms with Crippen LogP contribution in [0.15, 0.2) is 24.3 Å². The molecule has 0 bridgehead atoms. The highest BCUT2D eigenvalue weighted by Gasteiger charge is 2.25. The molecule has 0 radical (unpaired) electrons. The molecular weight excluding hydrogens is 200 g/mol. The van der Waals surface area contributed by atoms with Gasteiger partial charge in [-0.3, -0.25) is 0 Å². The lowest BCUT2D eigenvalue weighted by atomic mass is 10.0. The van der Waals surface area contributed by atoms with Crippen molar-refractivity contribution in [2.75, 3.05) is 11.9 Å². The Morgan fingerprint density at radius 3 is 2.62 bits per heavy atom. The third kappa shape index (κ3) is 2.54. The lowest BCUT2D eigenvalue weighted by Gasteiger charge is -2.20. The van der Waals surface area contributed by atoms with Gasteiger partial charge in [-0.05, 0) is 43.0 Å². The van der Waals surface area contributed by atoms with Crippen LogP contribution in [-0.4, -0.2) is 17.7 Å². The molecule has 3 heteroatoms. The predicted molar refractivity (Wildman–Crippen MR) is 66.2 cm³/mol. The fourth-order valence-electron chi connectivity index (χ4n) is 2.43. The maximum absolute atomic E-state index is 8.96. The van der Waals surface area contributed by atoms with E-state index in [1.54, 1.807) is 0 Å². The van der Waals surface area contributed by atoms with Crippen molar-refractivity contribution in [3.05, 3.63) is 29.8 Å². The zero-order chi connectivity index (χ0) is 11.4. The average molecular weight is 220 g/mol. The van der Waals surface area contributed by atoms with Crippen LogP contribution >= 0.6 is 0 Å². The summed E-state index contributed by atoms with van der Waals surface area (Å²) in [4.78, 5) is 0. The summed E-state index contributed by atoms with van der Waals surface area (Å²) >= 11 is 0. The Labute approximate surface area is 96.7 Å². The molecule has 1 aromatic rings. The second-order valence-electron chi connectivity index (χ2n) is 4.53. The van der Waals surface area contributed by atoms with E-state index < -0.39 is 0 Å². The van der Waals surface area contributed by atoms with Gasteiger partial charge in [0.25, 0.3) is 0 Å². The van der Waals surface area contributed by atoms with Gasteiger partial charge in [-0.25, -0.2) is 0 Å². The molecule has 0 spiro atoms. The molecule has 0 saturated heterocycles. The molecule has 2 unspecified atom stereocenters. The standard InChI is InChI=1S/C13H20N2O/c14-8-11-2-1-3-13(11)15-12-6-4-10(9-16)5-7-12/h4-7,11,13,15-16H,1-3,8-9,14H2. The zero-order valence-electron chi connectivity index (χ0n) is 9.52. The van der Waals surface area contributed by atoms with Crippen LogP contribution in [0.5, 0.6) is 0 Å². The highest BCUT2D eigenvalue weighted by molar-refractivity contribution is 5.45. The van der Waals surface area contributed by atoms with Crippen molar-refractivity contribution in [1.82, 2.24) is 0 Å². The van der Waals surface area contributed by atoms with Crippen molar-refractivity contribution in [2.45, 2.75) is 31.9 Å². The smallest absolute Gasteiger partial charge is 0.0681 e. The topological polar surface area (TPSA) is 58.3 Å². The van der Waals surface area contributed by atoms with Crippen LogP contribution in [0, 0.1) is 5.92 Å². The van der Waals surface area contributed by atoms with E-state index in [-0.39, 0.29) is 6.61 Å². The molecule has 3 nitrogen and oxygen atoms in total. The quantitative estimate of drug-likeness (QED) is 0.724. The second-order valence-corrected chi connectivity index (χ2v) is 4.53. The van der Waals surface area contributed by atoms with E-state index >= 15 is 0 Å². The van der Waals surface area contributed by atoms with Crippen LogP contribution in [0.4, 0.5) is 5.69 Å². The summed E-state index contributed by atoms with van der Waals surface area (Å²) in [7, 11) is 0. The summed E-state index contributed by atoms with van der Waals surface area (Å²) < 4.78 is 0. The first-order valence-electron chi connectivity index (χ1n) is 6.00. The van der Waals surface area contributed by atoms with E-state index in [0.29, 0.717) is 12.0 Å². The number of rotatable bonds is 4. The largest absolute Gasteiger partial charge is 0.392 e.